The topological polar surface area (TPSA) is 71.8 Å². The van der Waals surface area contributed by atoms with Gasteiger partial charge in [-0.05, 0) is 36.2 Å². The van der Waals surface area contributed by atoms with E-state index in [1.54, 1.807) is 30.3 Å². The molecule has 0 aliphatic rings. The number of aliphatic hydroxyl groups is 2. The number of ether oxygens (including phenoxy) is 2. The molecule has 0 bridgehead atoms. The SMILES string of the molecule is COc1cc(CO)ccc1Oc1cc(CO)cc(C)n1. The maximum absolute atomic E-state index is 9.19. The molecule has 0 fully saturated rings. The molecule has 0 spiro atoms. The third-order valence-corrected chi connectivity index (χ3v) is 2.80. The Morgan fingerprint density at radius 2 is 1.75 bits per heavy atom. The monoisotopic (exact) mass is 275 g/mol. The smallest absolute Gasteiger partial charge is 0.219 e. The molecule has 106 valence electrons. The summed E-state index contributed by atoms with van der Waals surface area (Å²) in [6.45, 7) is 1.70. The second-order valence-corrected chi connectivity index (χ2v) is 4.36. The Morgan fingerprint density at radius 1 is 1.00 bits per heavy atom. The Kier molecular flexibility index (Phi) is 4.55. The van der Waals surface area contributed by atoms with Crippen LogP contribution in [0, 0.1) is 6.92 Å². The highest BCUT2D eigenvalue weighted by Gasteiger charge is 2.09. The van der Waals surface area contributed by atoms with Gasteiger partial charge in [0.1, 0.15) is 0 Å². The molecule has 0 amide bonds. The van der Waals surface area contributed by atoms with Gasteiger partial charge in [-0.3, -0.25) is 0 Å². The third-order valence-electron chi connectivity index (χ3n) is 2.80. The molecular formula is C15H17NO4. The largest absolute Gasteiger partial charge is 0.493 e. The van der Waals surface area contributed by atoms with Gasteiger partial charge in [-0.2, -0.15) is 0 Å². The molecule has 0 atom stereocenters. The van der Waals surface area contributed by atoms with E-state index in [2.05, 4.69) is 4.98 Å². The second kappa shape index (κ2) is 6.36. The van der Waals surface area contributed by atoms with E-state index in [1.807, 2.05) is 6.92 Å². The second-order valence-electron chi connectivity index (χ2n) is 4.36. The molecule has 0 saturated carbocycles. The molecule has 0 radical (unpaired) electrons. The van der Waals surface area contributed by atoms with Crippen LogP contribution in [0.4, 0.5) is 0 Å². The van der Waals surface area contributed by atoms with Crippen LogP contribution in [0.25, 0.3) is 0 Å². The number of nitrogens with zero attached hydrogens (tertiary/aromatic N) is 1. The number of methoxy groups -OCH3 is 1. The molecule has 0 unspecified atom stereocenters. The average molecular weight is 275 g/mol. The number of aromatic nitrogens is 1. The van der Waals surface area contributed by atoms with Crippen LogP contribution in [0.3, 0.4) is 0 Å². The highest BCUT2D eigenvalue weighted by Crippen LogP contribution is 2.32. The van der Waals surface area contributed by atoms with E-state index >= 15 is 0 Å². The lowest BCUT2D eigenvalue weighted by atomic mass is 10.2. The predicted molar refractivity (Wildman–Crippen MR) is 73.9 cm³/mol. The molecule has 2 aromatic rings. The number of rotatable bonds is 5. The molecule has 1 aromatic heterocycles. The quantitative estimate of drug-likeness (QED) is 0.875. The van der Waals surface area contributed by atoms with E-state index in [0.29, 0.717) is 17.4 Å². The normalized spacial score (nSPS) is 10.4. The molecule has 0 saturated heterocycles. The zero-order valence-corrected chi connectivity index (χ0v) is 11.5. The predicted octanol–water partition coefficient (Wildman–Crippen LogP) is 2.18. The van der Waals surface area contributed by atoms with Crippen molar-refractivity contribution in [2.24, 2.45) is 0 Å². The van der Waals surface area contributed by atoms with Crippen molar-refractivity contribution >= 4 is 0 Å². The number of hydrogen-bond acceptors (Lipinski definition) is 5. The van der Waals surface area contributed by atoms with Gasteiger partial charge in [0.2, 0.25) is 5.88 Å². The van der Waals surface area contributed by atoms with Gasteiger partial charge in [-0.1, -0.05) is 6.07 Å². The first-order valence-corrected chi connectivity index (χ1v) is 6.20. The van der Waals surface area contributed by atoms with Crippen LogP contribution < -0.4 is 9.47 Å². The zero-order chi connectivity index (χ0) is 14.5. The van der Waals surface area contributed by atoms with Crippen LogP contribution in [-0.2, 0) is 13.2 Å². The highest BCUT2D eigenvalue weighted by atomic mass is 16.5. The zero-order valence-electron chi connectivity index (χ0n) is 11.5. The van der Waals surface area contributed by atoms with Gasteiger partial charge in [0.15, 0.2) is 11.5 Å². The Labute approximate surface area is 117 Å². The number of pyridine rings is 1. The summed E-state index contributed by atoms with van der Waals surface area (Å²) in [6.07, 6.45) is 0. The number of benzene rings is 1. The molecule has 2 rings (SSSR count). The van der Waals surface area contributed by atoms with Crippen molar-refractivity contribution in [3.8, 4) is 17.4 Å². The molecule has 1 heterocycles. The Morgan fingerprint density at radius 3 is 2.40 bits per heavy atom. The summed E-state index contributed by atoms with van der Waals surface area (Å²) in [7, 11) is 1.53. The molecule has 5 heteroatoms. The lowest BCUT2D eigenvalue weighted by Crippen LogP contribution is -1.96. The van der Waals surface area contributed by atoms with Gasteiger partial charge in [-0.25, -0.2) is 4.98 Å². The van der Waals surface area contributed by atoms with E-state index in [1.165, 1.54) is 7.11 Å². The fourth-order valence-electron chi connectivity index (χ4n) is 1.86. The summed E-state index contributed by atoms with van der Waals surface area (Å²) in [5.74, 6) is 1.42. The van der Waals surface area contributed by atoms with Crippen molar-refractivity contribution in [2.45, 2.75) is 20.1 Å². The molecule has 0 aliphatic carbocycles. The first kappa shape index (κ1) is 14.3. The van der Waals surface area contributed by atoms with Gasteiger partial charge >= 0.3 is 0 Å². The average Bonchev–Trinajstić information content (AvgIpc) is 2.47. The Balaban J connectivity index is 2.31. The standard InChI is InChI=1S/C15H17NO4/c1-10-5-12(9-18)7-15(16-10)20-13-4-3-11(8-17)6-14(13)19-2/h3-7,17-18H,8-9H2,1-2H3. The van der Waals surface area contributed by atoms with E-state index in [9.17, 15) is 5.11 Å². The van der Waals surface area contributed by atoms with Gasteiger partial charge < -0.3 is 19.7 Å². The summed E-state index contributed by atoms with van der Waals surface area (Å²) < 4.78 is 10.9. The lowest BCUT2D eigenvalue weighted by molar-refractivity contribution is 0.279. The first-order valence-electron chi connectivity index (χ1n) is 6.20. The van der Waals surface area contributed by atoms with Crippen molar-refractivity contribution in [1.82, 2.24) is 4.98 Å². The van der Waals surface area contributed by atoms with Crippen molar-refractivity contribution in [2.75, 3.05) is 7.11 Å². The summed E-state index contributed by atoms with van der Waals surface area (Å²) in [4.78, 5) is 4.26. The van der Waals surface area contributed by atoms with Gasteiger partial charge in [0.25, 0.3) is 0 Å². The van der Waals surface area contributed by atoms with E-state index in [4.69, 9.17) is 14.6 Å². The number of hydrogen-bond donors (Lipinski definition) is 2. The molecule has 1 aromatic carbocycles. The maximum atomic E-state index is 9.19. The van der Waals surface area contributed by atoms with Crippen LogP contribution in [0.2, 0.25) is 0 Å². The lowest BCUT2D eigenvalue weighted by Gasteiger charge is -2.11. The van der Waals surface area contributed by atoms with E-state index < -0.39 is 0 Å². The molecule has 2 N–H and O–H groups in total. The van der Waals surface area contributed by atoms with Gasteiger partial charge in [-0.15, -0.1) is 0 Å². The molecule has 20 heavy (non-hydrogen) atoms. The maximum Gasteiger partial charge on any atom is 0.219 e. The fourth-order valence-corrected chi connectivity index (χ4v) is 1.86. The molecule has 0 aliphatic heterocycles. The minimum absolute atomic E-state index is 0.0615. The van der Waals surface area contributed by atoms with Crippen molar-refractivity contribution in [3.63, 3.8) is 0 Å². The van der Waals surface area contributed by atoms with Crippen LogP contribution in [0.15, 0.2) is 30.3 Å². The molecular weight excluding hydrogens is 258 g/mol. The van der Waals surface area contributed by atoms with Crippen molar-refractivity contribution in [1.29, 1.82) is 0 Å². The van der Waals surface area contributed by atoms with Gasteiger partial charge in [0.05, 0.1) is 20.3 Å². The summed E-state index contributed by atoms with van der Waals surface area (Å²) in [6, 6.07) is 8.64. The van der Waals surface area contributed by atoms with Gasteiger partial charge in [0, 0.05) is 11.8 Å². The first-order chi connectivity index (χ1) is 9.66. The Bertz CT molecular complexity index is 598. The minimum Gasteiger partial charge on any atom is -0.493 e. The number of aryl methyl sites for hydroxylation is 1. The minimum atomic E-state index is -0.0691. The molecule has 5 nitrogen and oxygen atoms in total. The summed E-state index contributed by atoms with van der Waals surface area (Å²) in [5, 5.41) is 18.3. The Hall–Kier alpha value is -2.11. The fraction of sp³-hybridized carbons (Fsp3) is 0.267. The number of aliphatic hydroxyl groups excluding tert-OH is 2. The van der Waals surface area contributed by atoms with E-state index in [-0.39, 0.29) is 13.2 Å². The van der Waals surface area contributed by atoms with Crippen LogP contribution in [0.1, 0.15) is 16.8 Å². The third kappa shape index (κ3) is 3.26. The van der Waals surface area contributed by atoms with Crippen LogP contribution in [-0.4, -0.2) is 22.3 Å². The summed E-state index contributed by atoms with van der Waals surface area (Å²) >= 11 is 0. The van der Waals surface area contributed by atoms with Crippen LogP contribution >= 0.6 is 0 Å². The van der Waals surface area contributed by atoms with Crippen molar-refractivity contribution < 1.29 is 19.7 Å². The van der Waals surface area contributed by atoms with E-state index in [0.717, 1.165) is 16.8 Å². The van der Waals surface area contributed by atoms with Crippen LogP contribution in [0.5, 0.6) is 17.4 Å². The summed E-state index contributed by atoms with van der Waals surface area (Å²) in [5.41, 5.74) is 2.23. The highest BCUT2D eigenvalue weighted by molar-refractivity contribution is 5.44. The van der Waals surface area contributed by atoms with Crippen molar-refractivity contribution in [3.05, 3.63) is 47.2 Å².